The van der Waals surface area contributed by atoms with E-state index in [1.165, 1.54) is 0 Å². The van der Waals surface area contributed by atoms with Gasteiger partial charge >= 0.3 is 0 Å². The molecule has 0 aromatic heterocycles. The van der Waals surface area contributed by atoms with Crippen LogP contribution in [0.1, 0.15) is 38.2 Å². The maximum absolute atomic E-state index is 12.2. The molecular formula is C15H22O2S. The number of hydrogen-bond acceptors (Lipinski definition) is 2. The molecule has 1 aromatic carbocycles. The Kier molecular flexibility index (Phi) is 6.30. The van der Waals surface area contributed by atoms with Gasteiger partial charge in [0.05, 0.1) is 16.9 Å². The standard InChI is InChI=1S/C15H22O2S/c1-4-5-6-7-15(16)13(3)18(17)14-10-8-12(2)9-11-14/h8-11,15-16H,3-7H2,1-2H3/t15-,18+/m0/s1. The quantitative estimate of drug-likeness (QED) is 0.766. The molecule has 0 saturated carbocycles. The number of rotatable bonds is 7. The first-order valence-electron chi connectivity index (χ1n) is 6.41. The number of aliphatic hydroxyl groups excluding tert-OH is 1. The minimum Gasteiger partial charge on any atom is -0.388 e. The van der Waals surface area contributed by atoms with Crippen molar-refractivity contribution in [3.05, 3.63) is 41.3 Å². The fourth-order valence-corrected chi connectivity index (χ4v) is 2.74. The predicted molar refractivity (Wildman–Crippen MR) is 76.9 cm³/mol. The van der Waals surface area contributed by atoms with Gasteiger partial charge in [-0.05, 0) is 25.5 Å². The van der Waals surface area contributed by atoms with E-state index in [0.717, 1.165) is 24.8 Å². The monoisotopic (exact) mass is 266 g/mol. The Morgan fingerprint density at radius 3 is 2.50 bits per heavy atom. The van der Waals surface area contributed by atoms with Gasteiger partial charge in [0.15, 0.2) is 0 Å². The maximum Gasteiger partial charge on any atom is 0.0871 e. The average molecular weight is 266 g/mol. The zero-order chi connectivity index (χ0) is 13.5. The lowest BCUT2D eigenvalue weighted by atomic mass is 10.1. The highest BCUT2D eigenvalue weighted by molar-refractivity contribution is 7.89. The first-order chi connectivity index (χ1) is 8.56. The van der Waals surface area contributed by atoms with Crippen LogP contribution in [0.3, 0.4) is 0 Å². The van der Waals surface area contributed by atoms with Crippen molar-refractivity contribution in [3.8, 4) is 0 Å². The predicted octanol–water partition coefficient (Wildman–Crippen LogP) is 3.56. The molecule has 18 heavy (non-hydrogen) atoms. The average Bonchev–Trinajstić information content (AvgIpc) is 2.38. The molecule has 0 amide bonds. The van der Waals surface area contributed by atoms with E-state index in [4.69, 9.17) is 0 Å². The van der Waals surface area contributed by atoms with Crippen LogP contribution in [0, 0.1) is 6.92 Å². The van der Waals surface area contributed by atoms with Gasteiger partial charge < -0.3 is 5.11 Å². The van der Waals surface area contributed by atoms with Crippen molar-refractivity contribution >= 4 is 10.8 Å². The van der Waals surface area contributed by atoms with E-state index in [-0.39, 0.29) is 0 Å². The summed E-state index contributed by atoms with van der Waals surface area (Å²) >= 11 is 0. The van der Waals surface area contributed by atoms with E-state index >= 15 is 0 Å². The van der Waals surface area contributed by atoms with Gasteiger partial charge in [-0.15, -0.1) is 0 Å². The van der Waals surface area contributed by atoms with Gasteiger partial charge in [0.25, 0.3) is 0 Å². The Labute approximate surface area is 112 Å². The summed E-state index contributed by atoms with van der Waals surface area (Å²) in [6, 6.07) is 7.50. The van der Waals surface area contributed by atoms with Gasteiger partial charge in [-0.1, -0.05) is 50.5 Å². The fraction of sp³-hybridized carbons (Fsp3) is 0.467. The molecule has 0 spiro atoms. The van der Waals surface area contributed by atoms with Crippen molar-refractivity contribution in [1.82, 2.24) is 0 Å². The molecular weight excluding hydrogens is 244 g/mol. The Hall–Kier alpha value is -0.930. The topological polar surface area (TPSA) is 37.3 Å². The minimum absolute atomic E-state index is 0.412. The summed E-state index contributed by atoms with van der Waals surface area (Å²) in [6.07, 6.45) is 3.12. The van der Waals surface area contributed by atoms with Gasteiger partial charge in [0, 0.05) is 9.80 Å². The molecule has 2 atom stereocenters. The second kappa shape index (κ2) is 7.49. The summed E-state index contributed by atoms with van der Waals surface area (Å²) in [4.78, 5) is 1.12. The number of hydrogen-bond donors (Lipinski definition) is 1. The van der Waals surface area contributed by atoms with Crippen LogP contribution < -0.4 is 0 Å². The van der Waals surface area contributed by atoms with Gasteiger partial charge in [-0.2, -0.15) is 0 Å². The summed E-state index contributed by atoms with van der Waals surface area (Å²) in [6.45, 7) is 7.89. The number of unbranched alkanes of at least 4 members (excludes halogenated alkanes) is 2. The van der Waals surface area contributed by atoms with Crippen molar-refractivity contribution in [2.75, 3.05) is 0 Å². The third kappa shape index (κ3) is 4.39. The van der Waals surface area contributed by atoms with Crippen LogP contribution in [-0.2, 0) is 10.8 Å². The molecule has 1 aromatic rings. The van der Waals surface area contributed by atoms with E-state index < -0.39 is 16.9 Å². The molecule has 0 fully saturated rings. The minimum atomic E-state index is -1.32. The Balaban J connectivity index is 2.60. The fourth-order valence-electron chi connectivity index (χ4n) is 1.69. The van der Waals surface area contributed by atoms with Crippen LogP contribution in [0.2, 0.25) is 0 Å². The van der Waals surface area contributed by atoms with E-state index in [1.54, 1.807) is 0 Å². The Morgan fingerprint density at radius 2 is 1.94 bits per heavy atom. The molecule has 0 aliphatic heterocycles. The number of benzene rings is 1. The number of aliphatic hydroxyl groups is 1. The van der Waals surface area contributed by atoms with Crippen molar-refractivity contribution < 1.29 is 9.32 Å². The SMILES string of the molecule is C=C([C@@H](O)CCCCC)[S@@](=O)c1ccc(C)cc1. The molecule has 0 aliphatic carbocycles. The first-order valence-corrected chi connectivity index (χ1v) is 7.56. The molecule has 0 aliphatic rings. The van der Waals surface area contributed by atoms with Crippen LogP contribution in [-0.4, -0.2) is 15.4 Å². The molecule has 0 bridgehead atoms. The zero-order valence-corrected chi connectivity index (χ0v) is 12.0. The largest absolute Gasteiger partial charge is 0.388 e. The van der Waals surface area contributed by atoms with E-state index in [2.05, 4.69) is 13.5 Å². The normalized spacial score (nSPS) is 14.2. The van der Waals surface area contributed by atoms with Gasteiger partial charge in [-0.3, -0.25) is 0 Å². The van der Waals surface area contributed by atoms with Gasteiger partial charge in [0.1, 0.15) is 0 Å². The van der Waals surface area contributed by atoms with E-state index in [0.29, 0.717) is 16.2 Å². The first kappa shape index (κ1) is 15.1. The van der Waals surface area contributed by atoms with Crippen molar-refractivity contribution in [1.29, 1.82) is 0 Å². The molecule has 1 rings (SSSR count). The van der Waals surface area contributed by atoms with E-state index in [9.17, 15) is 9.32 Å². The van der Waals surface area contributed by atoms with Gasteiger partial charge in [0.2, 0.25) is 0 Å². The zero-order valence-electron chi connectivity index (χ0n) is 11.2. The van der Waals surface area contributed by atoms with Crippen molar-refractivity contribution in [2.24, 2.45) is 0 Å². The van der Waals surface area contributed by atoms with Crippen LogP contribution in [0.4, 0.5) is 0 Å². The summed E-state index contributed by atoms with van der Waals surface area (Å²) in [5.41, 5.74) is 1.13. The smallest absolute Gasteiger partial charge is 0.0871 e. The lowest BCUT2D eigenvalue weighted by molar-refractivity contribution is 0.204. The Bertz CT molecular complexity index is 409. The van der Waals surface area contributed by atoms with Crippen molar-refractivity contribution in [3.63, 3.8) is 0 Å². The van der Waals surface area contributed by atoms with E-state index in [1.807, 2.05) is 31.2 Å². The van der Waals surface area contributed by atoms with Gasteiger partial charge in [-0.25, -0.2) is 4.21 Å². The Morgan fingerprint density at radius 1 is 1.33 bits per heavy atom. The summed E-state index contributed by atoms with van der Waals surface area (Å²) in [5, 5.41) is 9.94. The lowest BCUT2D eigenvalue weighted by Gasteiger charge is -2.13. The van der Waals surface area contributed by atoms with Crippen molar-refractivity contribution in [2.45, 2.75) is 50.5 Å². The molecule has 2 nitrogen and oxygen atoms in total. The number of aryl methyl sites for hydroxylation is 1. The third-order valence-electron chi connectivity index (χ3n) is 2.93. The molecule has 1 N–H and O–H groups in total. The molecule has 0 saturated heterocycles. The summed E-state index contributed by atoms with van der Waals surface area (Å²) < 4.78 is 12.2. The molecule has 0 heterocycles. The summed E-state index contributed by atoms with van der Waals surface area (Å²) in [5.74, 6) is 0. The highest BCUT2D eigenvalue weighted by Crippen LogP contribution is 2.19. The van der Waals surface area contributed by atoms with Crippen LogP contribution in [0.25, 0.3) is 0 Å². The highest BCUT2D eigenvalue weighted by atomic mass is 32.2. The lowest BCUT2D eigenvalue weighted by Crippen LogP contribution is -2.13. The highest BCUT2D eigenvalue weighted by Gasteiger charge is 2.16. The second-order valence-electron chi connectivity index (χ2n) is 4.56. The molecule has 3 heteroatoms. The molecule has 0 radical (unpaired) electrons. The third-order valence-corrected chi connectivity index (χ3v) is 4.37. The van der Waals surface area contributed by atoms with Crippen LogP contribution in [0.15, 0.2) is 40.6 Å². The maximum atomic E-state index is 12.2. The van der Waals surface area contributed by atoms with Crippen LogP contribution in [0.5, 0.6) is 0 Å². The summed E-state index contributed by atoms with van der Waals surface area (Å²) in [7, 11) is -1.32. The second-order valence-corrected chi connectivity index (χ2v) is 6.09. The molecule has 0 unspecified atom stereocenters. The van der Waals surface area contributed by atoms with Crippen LogP contribution >= 0.6 is 0 Å². The molecule has 100 valence electrons.